The van der Waals surface area contributed by atoms with Crippen LogP contribution in [0.2, 0.25) is 0 Å². The van der Waals surface area contributed by atoms with Gasteiger partial charge >= 0.3 is 0 Å². The first-order valence-corrected chi connectivity index (χ1v) is 7.94. The molecule has 0 aromatic heterocycles. The van der Waals surface area contributed by atoms with Gasteiger partial charge in [-0.05, 0) is 53.7 Å². The molecule has 0 amide bonds. The van der Waals surface area contributed by atoms with Gasteiger partial charge in [-0.15, -0.1) is 0 Å². The predicted molar refractivity (Wildman–Crippen MR) is 93.7 cm³/mol. The number of anilines is 2. The highest BCUT2D eigenvalue weighted by Crippen LogP contribution is 2.33. The van der Waals surface area contributed by atoms with Gasteiger partial charge in [-0.2, -0.15) is 0 Å². The van der Waals surface area contributed by atoms with Crippen molar-refractivity contribution in [2.45, 2.75) is 6.54 Å². The number of rotatable bonds is 1. The minimum absolute atomic E-state index is 0.169. The van der Waals surface area contributed by atoms with Gasteiger partial charge in [0, 0.05) is 31.0 Å². The molecule has 0 spiro atoms. The van der Waals surface area contributed by atoms with Crippen molar-refractivity contribution in [3.05, 3.63) is 72.0 Å². The van der Waals surface area contributed by atoms with Crippen LogP contribution in [0, 0.1) is 5.82 Å². The van der Waals surface area contributed by atoms with Gasteiger partial charge in [0.2, 0.25) is 0 Å². The highest BCUT2D eigenvalue weighted by atomic mass is 19.1. The smallest absolute Gasteiger partial charge is 0.123 e. The Labute approximate surface area is 135 Å². The van der Waals surface area contributed by atoms with Crippen LogP contribution in [-0.2, 0) is 6.54 Å². The average molecular weight is 306 g/mol. The molecular formula is C20H19FN2. The van der Waals surface area contributed by atoms with Gasteiger partial charge in [-0.25, -0.2) is 4.39 Å². The third-order valence-corrected chi connectivity index (χ3v) is 4.52. The van der Waals surface area contributed by atoms with Gasteiger partial charge in [-0.3, -0.25) is 0 Å². The molecule has 0 atom stereocenters. The maximum Gasteiger partial charge on any atom is 0.123 e. The molecule has 0 fully saturated rings. The standard InChI is InChI=1S/C20H19FN2/c1-22-10-11-23(20-9-7-18(21)12-17(20)14-22)19-8-6-15-4-2-3-5-16(15)13-19/h2-9,12-13H,10-11,14H2,1H3. The van der Waals surface area contributed by atoms with Crippen LogP contribution >= 0.6 is 0 Å². The third kappa shape index (κ3) is 2.68. The predicted octanol–water partition coefficient (Wildman–Crippen LogP) is 4.56. The van der Waals surface area contributed by atoms with Crippen LogP contribution in [0.3, 0.4) is 0 Å². The first-order chi connectivity index (χ1) is 11.2. The van der Waals surface area contributed by atoms with Gasteiger partial charge in [0.25, 0.3) is 0 Å². The molecule has 3 aromatic rings. The number of nitrogens with zero attached hydrogens (tertiary/aromatic N) is 2. The molecule has 116 valence electrons. The summed E-state index contributed by atoms with van der Waals surface area (Å²) in [6.45, 7) is 2.62. The highest BCUT2D eigenvalue weighted by Gasteiger charge is 2.19. The Balaban J connectivity index is 1.83. The Morgan fingerprint density at radius 1 is 0.870 bits per heavy atom. The molecule has 3 aromatic carbocycles. The summed E-state index contributed by atoms with van der Waals surface area (Å²) >= 11 is 0. The summed E-state index contributed by atoms with van der Waals surface area (Å²) in [6, 6.07) is 20.0. The van der Waals surface area contributed by atoms with Crippen molar-refractivity contribution in [2.75, 3.05) is 25.0 Å². The van der Waals surface area contributed by atoms with Crippen molar-refractivity contribution in [3.63, 3.8) is 0 Å². The minimum atomic E-state index is -0.169. The zero-order valence-electron chi connectivity index (χ0n) is 13.2. The molecule has 0 bridgehead atoms. The lowest BCUT2D eigenvalue weighted by atomic mass is 10.1. The zero-order valence-corrected chi connectivity index (χ0v) is 13.2. The van der Waals surface area contributed by atoms with Gasteiger partial charge in [0.05, 0.1) is 0 Å². The summed E-state index contributed by atoms with van der Waals surface area (Å²) in [5.74, 6) is -0.169. The lowest BCUT2D eigenvalue weighted by molar-refractivity contribution is 0.343. The molecule has 0 unspecified atom stereocenters. The fourth-order valence-corrected chi connectivity index (χ4v) is 3.32. The molecule has 0 radical (unpaired) electrons. The molecule has 0 aliphatic carbocycles. The molecule has 2 nitrogen and oxygen atoms in total. The molecule has 0 N–H and O–H groups in total. The maximum absolute atomic E-state index is 13.7. The summed E-state index contributed by atoms with van der Waals surface area (Å²) in [5, 5.41) is 2.47. The van der Waals surface area contributed by atoms with E-state index in [1.54, 1.807) is 12.1 Å². The van der Waals surface area contributed by atoms with Crippen molar-refractivity contribution >= 4 is 22.1 Å². The van der Waals surface area contributed by atoms with Gasteiger partial charge in [0.1, 0.15) is 5.82 Å². The summed E-state index contributed by atoms with van der Waals surface area (Å²) in [7, 11) is 2.08. The molecule has 0 saturated heterocycles. The van der Waals surface area contributed by atoms with E-state index >= 15 is 0 Å². The van der Waals surface area contributed by atoms with E-state index in [-0.39, 0.29) is 5.82 Å². The second kappa shape index (κ2) is 5.67. The molecule has 1 aliphatic heterocycles. The fourth-order valence-electron chi connectivity index (χ4n) is 3.32. The number of hydrogen-bond donors (Lipinski definition) is 0. The molecular weight excluding hydrogens is 287 g/mol. The van der Waals surface area contributed by atoms with Crippen LogP contribution in [-0.4, -0.2) is 25.0 Å². The number of likely N-dealkylation sites (N-methyl/N-ethyl adjacent to an activating group) is 1. The van der Waals surface area contributed by atoms with Gasteiger partial charge < -0.3 is 9.80 Å². The number of halogens is 1. The van der Waals surface area contributed by atoms with Crippen LogP contribution < -0.4 is 4.90 Å². The Morgan fingerprint density at radius 3 is 2.57 bits per heavy atom. The van der Waals surface area contributed by atoms with E-state index < -0.39 is 0 Å². The van der Waals surface area contributed by atoms with E-state index in [1.807, 2.05) is 6.07 Å². The number of hydrogen-bond acceptors (Lipinski definition) is 2. The quantitative estimate of drug-likeness (QED) is 0.650. The van der Waals surface area contributed by atoms with Gasteiger partial charge in [0.15, 0.2) is 0 Å². The van der Waals surface area contributed by atoms with Crippen LogP contribution in [0.15, 0.2) is 60.7 Å². The topological polar surface area (TPSA) is 6.48 Å². The van der Waals surface area contributed by atoms with Crippen molar-refractivity contribution in [1.29, 1.82) is 0 Å². The SMILES string of the molecule is CN1CCN(c2ccc3ccccc3c2)c2ccc(F)cc2C1. The summed E-state index contributed by atoms with van der Waals surface area (Å²) in [4.78, 5) is 4.53. The van der Waals surface area contributed by atoms with E-state index in [0.29, 0.717) is 0 Å². The van der Waals surface area contributed by atoms with E-state index in [2.05, 4.69) is 59.3 Å². The minimum Gasteiger partial charge on any atom is -0.340 e. The van der Waals surface area contributed by atoms with Crippen LogP contribution in [0.25, 0.3) is 10.8 Å². The second-order valence-corrected chi connectivity index (χ2v) is 6.19. The van der Waals surface area contributed by atoms with E-state index in [4.69, 9.17) is 0 Å². The normalized spacial score (nSPS) is 15.5. The fraction of sp³-hybridized carbons (Fsp3) is 0.200. The van der Waals surface area contributed by atoms with Crippen LogP contribution in [0.1, 0.15) is 5.56 Å². The Morgan fingerprint density at radius 2 is 1.70 bits per heavy atom. The molecule has 0 saturated carbocycles. The average Bonchev–Trinajstić information content (AvgIpc) is 2.72. The third-order valence-electron chi connectivity index (χ3n) is 4.52. The summed E-state index contributed by atoms with van der Waals surface area (Å²) in [5.41, 5.74) is 3.30. The maximum atomic E-state index is 13.7. The Kier molecular flexibility index (Phi) is 3.50. The van der Waals surface area contributed by atoms with Crippen LogP contribution in [0.5, 0.6) is 0 Å². The molecule has 1 heterocycles. The first-order valence-electron chi connectivity index (χ1n) is 7.94. The summed E-state index contributed by atoms with van der Waals surface area (Å²) < 4.78 is 13.7. The van der Waals surface area contributed by atoms with E-state index in [0.717, 1.165) is 36.6 Å². The Hall–Kier alpha value is -2.39. The lowest BCUT2D eigenvalue weighted by Crippen LogP contribution is -2.26. The molecule has 1 aliphatic rings. The summed E-state index contributed by atoms with van der Waals surface area (Å²) in [6.07, 6.45) is 0. The second-order valence-electron chi connectivity index (χ2n) is 6.19. The largest absolute Gasteiger partial charge is 0.340 e. The highest BCUT2D eigenvalue weighted by molar-refractivity contribution is 5.87. The van der Waals surface area contributed by atoms with Crippen molar-refractivity contribution in [2.24, 2.45) is 0 Å². The zero-order chi connectivity index (χ0) is 15.8. The van der Waals surface area contributed by atoms with E-state index in [9.17, 15) is 4.39 Å². The van der Waals surface area contributed by atoms with Crippen molar-refractivity contribution in [3.8, 4) is 0 Å². The number of fused-ring (bicyclic) bond motifs is 2. The molecule has 4 rings (SSSR count). The van der Waals surface area contributed by atoms with E-state index in [1.165, 1.54) is 10.8 Å². The first kappa shape index (κ1) is 14.2. The molecule has 3 heteroatoms. The van der Waals surface area contributed by atoms with Crippen molar-refractivity contribution in [1.82, 2.24) is 4.90 Å². The monoisotopic (exact) mass is 306 g/mol. The van der Waals surface area contributed by atoms with Gasteiger partial charge in [-0.1, -0.05) is 30.3 Å². The lowest BCUT2D eigenvalue weighted by Gasteiger charge is -2.25. The van der Waals surface area contributed by atoms with Crippen molar-refractivity contribution < 1.29 is 4.39 Å². The van der Waals surface area contributed by atoms with Crippen LogP contribution in [0.4, 0.5) is 15.8 Å². The number of benzene rings is 3. The Bertz CT molecular complexity index is 859. The molecule has 23 heavy (non-hydrogen) atoms.